The lowest BCUT2D eigenvalue weighted by atomic mass is 10.0. The van der Waals surface area contributed by atoms with E-state index in [-0.39, 0.29) is 17.2 Å². The highest BCUT2D eigenvalue weighted by atomic mass is 16.5. The SMILES string of the molecule is CCCCCCCCCCCCCCCCCC(CCCCCCCCCCCCCC)OC(=O)c1ccccc1C(=O)O. The van der Waals surface area contributed by atoms with Gasteiger partial charge in [-0.3, -0.25) is 0 Å². The number of benzene rings is 1. The molecule has 1 N–H and O–H groups in total. The third kappa shape index (κ3) is 22.6. The molecule has 1 aromatic rings. The fourth-order valence-corrected chi connectivity index (χ4v) is 6.28. The second kappa shape index (κ2) is 29.8. The average Bonchev–Trinajstić information content (AvgIpc) is 3.03. The summed E-state index contributed by atoms with van der Waals surface area (Å²) < 4.78 is 5.94. The summed E-state index contributed by atoms with van der Waals surface area (Å²) in [5, 5.41) is 9.52. The molecular formula is C40H70O4. The lowest BCUT2D eigenvalue weighted by Gasteiger charge is -2.19. The van der Waals surface area contributed by atoms with Crippen molar-refractivity contribution in [3.63, 3.8) is 0 Å². The van der Waals surface area contributed by atoms with Crippen molar-refractivity contribution in [1.82, 2.24) is 0 Å². The molecule has 0 aliphatic heterocycles. The van der Waals surface area contributed by atoms with E-state index in [0.717, 1.165) is 25.7 Å². The first-order valence-electron chi connectivity index (χ1n) is 19.1. The van der Waals surface area contributed by atoms with Gasteiger partial charge in [0.15, 0.2) is 0 Å². The minimum Gasteiger partial charge on any atom is -0.478 e. The minimum atomic E-state index is -1.09. The van der Waals surface area contributed by atoms with Crippen LogP contribution in [0, 0.1) is 0 Å². The van der Waals surface area contributed by atoms with E-state index in [9.17, 15) is 14.7 Å². The summed E-state index contributed by atoms with van der Waals surface area (Å²) in [5.41, 5.74) is 0.185. The van der Waals surface area contributed by atoms with Crippen LogP contribution in [0.15, 0.2) is 24.3 Å². The summed E-state index contributed by atoms with van der Waals surface area (Å²) in [6.07, 6.45) is 37.4. The molecule has 0 aliphatic carbocycles. The fourth-order valence-electron chi connectivity index (χ4n) is 6.28. The Morgan fingerprint density at radius 3 is 1.11 bits per heavy atom. The van der Waals surface area contributed by atoms with Crippen molar-refractivity contribution in [1.29, 1.82) is 0 Å². The molecule has 4 heteroatoms. The maximum absolute atomic E-state index is 13.0. The molecule has 4 nitrogen and oxygen atoms in total. The Kier molecular flexibility index (Phi) is 27.3. The van der Waals surface area contributed by atoms with Gasteiger partial charge in [-0.25, -0.2) is 9.59 Å². The predicted octanol–water partition coefficient (Wildman–Crippen LogP) is 13.3. The largest absolute Gasteiger partial charge is 0.478 e. The van der Waals surface area contributed by atoms with E-state index >= 15 is 0 Å². The zero-order valence-electron chi connectivity index (χ0n) is 29.1. The van der Waals surface area contributed by atoms with Crippen LogP contribution in [0.4, 0.5) is 0 Å². The van der Waals surface area contributed by atoms with Gasteiger partial charge in [0.2, 0.25) is 0 Å². The number of hydrogen-bond donors (Lipinski definition) is 1. The first-order valence-corrected chi connectivity index (χ1v) is 19.1. The first-order chi connectivity index (χ1) is 21.6. The Labute approximate surface area is 272 Å². The van der Waals surface area contributed by atoms with Crippen LogP contribution in [0.1, 0.15) is 221 Å². The number of unbranched alkanes of at least 4 members (excludes halogenated alkanes) is 25. The van der Waals surface area contributed by atoms with Crippen LogP contribution in [0.3, 0.4) is 0 Å². The fraction of sp³-hybridized carbons (Fsp3) is 0.800. The molecule has 254 valence electrons. The number of esters is 1. The Morgan fingerprint density at radius 1 is 0.500 bits per heavy atom. The van der Waals surface area contributed by atoms with Gasteiger partial charge in [-0.15, -0.1) is 0 Å². The zero-order valence-corrected chi connectivity index (χ0v) is 29.1. The third-order valence-corrected chi connectivity index (χ3v) is 9.16. The van der Waals surface area contributed by atoms with E-state index in [1.807, 2.05) is 0 Å². The van der Waals surface area contributed by atoms with Crippen molar-refractivity contribution in [2.45, 2.75) is 206 Å². The normalized spacial score (nSPS) is 12.0. The van der Waals surface area contributed by atoms with Crippen LogP contribution in [-0.2, 0) is 4.74 Å². The molecule has 0 radical (unpaired) electrons. The molecule has 0 aromatic heterocycles. The van der Waals surface area contributed by atoms with E-state index in [2.05, 4.69) is 13.8 Å². The molecule has 1 atom stereocenters. The van der Waals surface area contributed by atoms with Gasteiger partial charge in [-0.2, -0.15) is 0 Å². The van der Waals surface area contributed by atoms with Crippen LogP contribution in [-0.4, -0.2) is 23.1 Å². The molecule has 0 amide bonds. The molecule has 0 aliphatic rings. The van der Waals surface area contributed by atoms with Gasteiger partial charge >= 0.3 is 11.9 Å². The maximum atomic E-state index is 13.0. The number of hydrogen-bond acceptors (Lipinski definition) is 3. The molecule has 0 bridgehead atoms. The molecular weight excluding hydrogens is 544 g/mol. The summed E-state index contributed by atoms with van der Waals surface area (Å²) in [4.78, 5) is 24.6. The van der Waals surface area contributed by atoms with Crippen molar-refractivity contribution in [2.24, 2.45) is 0 Å². The number of carboxylic acids is 1. The molecule has 0 fully saturated rings. The highest BCUT2D eigenvalue weighted by molar-refractivity contribution is 6.02. The van der Waals surface area contributed by atoms with E-state index < -0.39 is 11.9 Å². The monoisotopic (exact) mass is 615 g/mol. The Morgan fingerprint density at radius 2 is 0.795 bits per heavy atom. The van der Waals surface area contributed by atoms with Gasteiger partial charge < -0.3 is 9.84 Å². The topological polar surface area (TPSA) is 63.6 Å². The number of rotatable bonds is 32. The molecule has 1 aromatic carbocycles. The molecule has 1 rings (SSSR count). The molecule has 0 saturated heterocycles. The van der Waals surface area contributed by atoms with Gasteiger partial charge in [0.1, 0.15) is 6.10 Å². The summed E-state index contributed by atoms with van der Waals surface area (Å²) in [7, 11) is 0. The molecule has 44 heavy (non-hydrogen) atoms. The quantitative estimate of drug-likeness (QED) is 0.0647. The summed E-state index contributed by atoms with van der Waals surface area (Å²) >= 11 is 0. The maximum Gasteiger partial charge on any atom is 0.339 e. The van der Waals surface area contributed by atoms with Crippen LogP contribution >= 0.6 is 0 Å². The number of carbonyl (C=O) groups excluding carboxylic acids is 1. The highest BCUT2D eigenvalue weighted by Gasteiger charge is 2.21. The molecule has 1 unspecified atom stereocenters. The molecule has 0 spiro atoms. The van der Waals surface area contributed by atoms with Crippen molar-refractivity contribution >= 4 is 11.9 Å². The number of carbonyl (C=O) groups is 2. The van der Waals surface area contributed by atoms with Crippen LogP contribution in [0.2, 0.25) is 0 Å². The van der Waals surface area contributed by atoms with Crippen molar-refractivity contribution in [2.75, 3.05) is 0 Å². The predicted molar refractivity (Wildman–Crippen MR) is 188 cm³/mol. The van der Waals surface area contributed by atoms with Crippen molar-refractivity contribution in [3.8, 4) is 0 Å². The number of ether oxygens (including phenoxy) is 1. The van der Waals surface area contributed by atoms with E-state index in [1.54, 1.807) is 18.2 Å². The van der Waals surface area contributed by atoms with Gasteiger partial charge in [0.25, 0.3) is 0 Å². The van der Waals surface area contributed by atoms with Crippen molar-refractivity contribution in [3.05, 3.63) is 35.4 Å². The first kappa shape index (κ1) is 40.2. The minimum absolute atomic E-state index is 0.0218. The standard InChI is InChI=1S/C40H70O4/c1-3-5-7-9-11-13-15-17-18-19-21-23-25-27-29-33-36(44-40(43)38-35-31-30-34-37(38)39(41)42)32-28-26-24-22-20-16-14-12-10-8-6-4-2/h30-31,34-36H,3-29,32-33H2,1-2H3,(H,41,42). The highest BCUT2D eigenvalue weighted by Crippen LogP contribution is 2.21. The Hall–Kier alpha value is -1.84. The van der Waals surface area contributed by atoms with E-state index in [1.165, 1.54) is 167 Å². The van der Waals surface area contributed by atoms with Crippen LogP contribution in [0.5, 0.6) is 0 Å². The van der Waals surface area contributed by atoms with Gasteiger partial charge in [0.05, 0.1) is 11.1 Å². The van der Waals surface area contributed by atoms with Crippen LogP contribution < -0.4 is 0 Å². The van der Waals surface area contributed by atoms with E-state index in [4.69, 9.17) is 4.74 Å². The van der Waals surface area contributed by atoms with Crippen molar-refractivity contribution < 1.29 is 19.4 Å². The number of aromatic carboxylic acids is 1. The molecule has 0 heterocycles. The lowest BCUT2D eigenvalue weighted by molar-refractivity contribution is 0.0244. The van der Waals surface area contributed by atoms with Gasteiger partial charge in [0, 0.05) is 0 Å². The second-order valence-electron chi connectivity index (χ2n) is 13.3. The van der Waals surface area contributed by atoms with Gasteiger partial charge in [-0.1, -0.05) is 187 Å². The van der Waals surface area contributed by atoms with E-state index in [0.29, 0.717) is 0 Å². The number of carboxylic acid groups (broad SMARTS) is 1. The summed E-state index contributed by atoms with van der Waals surface area (Å²) in [5.74, 6) is -1.58. The smallest absolute Gasteiger partial charge is 0.339 e. The lowest BCUT2D eigenvalue weighted by Crippen LogP contribution is -2.20. The summed E-state index contributed by atoms with van der Waals surface area (Å²) in [6, 6.07) is 6.41. The van der Waals surface area contributed by atoms with Gasteiger partial charge in [-0.05, 0) is 37.8 Å². The Bertz CT molecular complexity index is 804. The average molecular weight is 615 g/mol. The second-order valence-corrected chi connectivity index (χ2v) is 13.3. The Balaban J connectivity index is 2.27. The van der Waals surface area contributed by atoms with Crippen LogP contribution in [0.25, 0.3) is 0 Å². The zero-order chi connectivity index (χ0) is 31.9. The molecule has 0 saturated carbocycles. The third-order valence-electron chi connectivity index (χ3n) is 9.16. The summed E-state index contributed by atoms with van der Waals surface area (Å²) in [6.45, 7) is 4.55.